The van der Waals surface area contributed by atoms with Gasteiger partial charge >= 0.3 is 0 Å². The molecule has 0 unspecified atom stereocenters. The average Bonchev–Trinajstić information content (AvgIpc) is 2.73. The molecule has 1 aromatic heterocycles. The summed E-state index contributed by atoms with van der Waals surface area (Å²) >= 11 is 0. The molecule has 1 N–H and O–H groups in total. The molecule has 2 aromatic carbocycles. The molecule has 0 saturated heterocycles. The average molecular weight is 396 g/mol. The highest BCUT2D eigenvalue weighted by atomic mass is 19.1. The van der Waals surface area contributed by atoms with Crippen LogP contribution in [0.4, 0.5) is 4.39 Å². The number of nitrogens with zero attached hydrogens (tertiary/aromatic N) is 3. The molecule has 0 aliphatic heterocycles. The van der Waals surface area contributed by atoms with E-state index in [-0.39, 0.29) is 17.8 Å². The third-order valence-corrected chi connectivity index (χ3v) is 4.91. The van der Waals surface area contributed by atoms with Crippen molar-refractivity contribution in [3.05, 3.63) is 76.1 Å². The molecule has 0 atom stereocenters. The summed E-state index contributed by atoms with van der Waals surface area (Å²) < 4.78 is 14.6. The van der Waals surface area contributed by atoms with Crippen LogP contribution >= 0.6 is 0 Å². The van der Waals surface area contributed by atoms with Gasteiger partial charge in [0.05, 0.1) is 17.2 Å². The molecule has 0 bridgehead atoms. The number of hydrogen-bond donors (Lipinski definition) is 1. The lowest BCUT2D eigenvalue weighted by Crippen LogP contribution is -2.32. The largest absolute Gasteiger partial charge is 0.350 e. The van der Waals surface area contributed by atoms with E-state index in [9.17, 15) is 14.0 Å². The van der Waals surface area contributed by atoms with Crippen LogP contribution in [0.1, 0.15) is 25.0 Å². The Labute approximate surface area is 169 Å². The van der Waals surface area contributed by atoms with Crippen LogP contribution in [0.25, 0.3) is 10.9 Å². The lowest BCUT2D eigenvalue weighted by Gasteiger charge is -2.18. The molecule has 0 spiro atoms. The molecule has 7 heteroatoms. The molecule has 3 rings (SSSR count). The van der Waals surface area contributed by atoms with Crippen LogP contribution in [0.3, 0.4) is 0 Å². The van der Waals surface area contributed by atoms with E-state index in [1.165, 1.54) is 28.6 Å². The Balaban J connectivity index is 1.59. The van der Waals surface area contributed by atoms with Crippen LogP contribution in [-0.4, -0.2) is 33.4 Å². The Bertz CT molecular complexity index is 1040. The minimum absolute atomic E-state index is 0.157. The fourth-order valence-electron chi connectivity index (χ4n) is 3.12. The normalized spacial score (nSPS) is 11.2. The Morgan fingerprint density at radius 3 is 2.48 bits per heavy atom. The first-order valence-corrected chi connectivity index (χ1v) is 9.71. The highest BCUT2D eigenvalue weighted by Crippen LogP contribution is 2.09. The van der Waals surface area contributed by atoms with E-state index in [4.69, 9.17) is 0 Å². The van der Waals surface area contributed by atoms with Gasteiger partial charge in [0.15, 0.2) is 0 Å². The molecular formula is C22H25FN4O2. The van der Waals surface area contributed by atoms with Gasteiger partial charge in [-0.25, -0.2) is 9.37 Å². The Kier molecular flexibility index (Phi) is 6.72. The van der Waals surface area contributed by atoms with E-state index < -0.39 is 11.4 Å². The lowest BCUT2D eigenvalue weighted by molar-refractivity contribution is -0.121. The van der Waals surface area contributed by atoms with Crippen molar-refractivity contribution in [1.29, 1.82) is 0 Å². The fourth-order valence-corrected chi connectivity index (χ4v) is 3.12. The zero-order valence-corrected chi connectivity index (χ0v) is 16.7. The molecule has 0 saturated carbocycles. The van der Waals surface area contributed by atoms with Crippen LogP contribution in [0.2, 0.25) is 0 Å². The number of rotatable bonds is 8. The summed E-state index contributed by atoms with van der Waals surface area (Å²) in [6.45, 7) is 7.39. The van der Waals surface area contributed by atoms with Gasteiger partial charge in [0.25, 0.3) is 5.56 Å². The van der Waals surface area contributed by atoms with Crippen molar-refractivity contribution in [3.8, 4) is 0 Å². The monoisotopic (exact) mass is 396 g/mol. The Morgan fingerprint density at radius 2 is 1.79 bits per heavy atom. The lowest BCUT2D eigenvalue weighted by atomic mass is 10.1. The number of hydrogen-bond acceptors (Lipinski definition) is 4. The Hall–Kier alpha value is -3.06. The molecule has 1 heterocycles. The minimum Gasteiger partial charge on any atom is -0.350 e. The standard InChI is InChI=1S/C22H25FN4O2/c1-3-26(4-2)13-17-7-5-16(6-8-17)12-24-21(28)14-27-15-25-20-10-9-18(23)11-19(20)22(27)29/h5-11,15H,3-4,12-14H2,1-2H3,(H,24,28). The van der Waals surface area contributed by atoms with E-state index in [0.717, 1.165) is 31.3 Å². The number of carbonyl (C=O) groups excluding carboxylic acids is 1. The summed E-state index contributed by atoms with van der Waals surface area (Å²) in [6.07, 6.45) is 1.31. The summed E-state index contributed by atoms with van der Waals surface area (Å²) in [5.74, 6) is -0.820. The van der Waals surface area contributed by atoms with Gasteiger partial charge < -0.3 is 5.32 Å². The van der Waals surface area contributed by atoms with Crippen molar-refractivity contribution in [1.82, 2.24) is 19.8 Å². The third kappa shape index (κ3) is 5.26. The second-order valence-electron chi connectivity index (χ2n) is 6.89. The molecule has 3 aromatic rings. The van der Waals surface area contributed by atoms with Gasteiger partial charge in [-0.3, -0.25) is 19.1 Å². The van der Waals surface area contributed by atoms with Crippen LogP contribution < -0.4 is 10.9 Å². The zero-order valence-electron chi connectivity index (χ0n) is 16.7. The predicted octanol–water partition coefficient (Wildman–Crippen LogP) is 2.69. The summed E-state index contributed by atoms with van der Waals surface area (Å²) in [7, 11) is 0. The van der Waals surface area contributed by atoms with Crippen molar-refractivity contribution in [3.63, 3.8) is 0 Å². The topological polar surface area (TPSA) is 67.2 Å². The summed E-state index contributed by atoms with van der Waals surface area (Å²) in [5.41, 5.74) is 2.17. The zero-order chi connectivity index (χ0) is 20.8. The molecule has 1 amide bonds. The third-order valence-electron chi connectivity index (χ3n) is 4.91. The van der Waals surface area contributed by atoms with E-state index in [1.54, 1.807) is 0 Å². The SMILES string of the molecule is CCN(CC)Cc1ccc(CNC(=O)Cn2cnc3ccc(F)cc3c2=O)cc1. The molecule has 0 fully saturated rings. The van der Waals surface area contributed by atoms with E-state index >= 15 is 0 Å². The van der Waals surface area contributed by atoms with Gasteiger partial charge in [-0.2, -0.15) is 0 Å². The second-order valence-corrected chi connectivity index (χ2v) is 6.89. The number of amides is 1. The van der Waals surface area contributed by atoms with Crippen molar-refractivity contribution in [2.24, 2.45) is 0 Å². The van der Waals surface area contributed by atoms with Crippen LogP contribution in [-0.2, 0) is 24.4 Å². The van der Waals surface area contributed by atoms with Crippen LogP contribution in [0.15, 0.2) is 53.6 Å². The first kappa shape index (κ1) is 20.7. The minimum atomic E-state index is -0.511. The number of fused-ring (bicyclic) bond motifs is 1. The predicted molar refractivity (Wildman–Crippen MR) is 111 cm³/mol. The maximum Gasteiger partial charge on any atom is 0.261 e. The number of nitrogens with one attached hydrogen (secondary N) is 1. The second kappa shape index (κ2) is 9.43. The maximum atomic E-state index is 13.4. The van der Waals surface area contributed by atoms with Crippen molar-refractivity contribution in [2.45, 2.75) is 33.5 Å². The van der Waals surface area contributed by atoms with E-state index in [2.05, 4.69) is 41.2 Å². The van der Waals surface area contributed by atoms with Gasteiger partial charge in [0, 0.05) is 13.1 Å². The summed E-state index contributed by atoms with van der Waals surface area (Å²) in [6, 6.07) is 11.9. The van der Waals surface area contributed by atoms with Crippen molar-refractivity contribution < 1.29 is 9.18 Å². The van der Waals surface area contributed by atoms with Crippen LogP contribution in [0.5, 0.6) is 0 Å². The fraction of sp³-hybridized carbons (Fsp3) is 0.318. The molecule has 6 nitrogen and oxygen atoms in total. The molecule has 152 valence electrons. The van der Waals surface area contributed by atoms with Crippen LogP contribution in [0, 0.1) is 5.82 Å². The quantitative estimate of drug-likeness (QED) is 0.636. The first-order valence-electron chi connectivity index (χ1n) is 9.71. The molecular weight excluding hydrogens is 371 g/mol. The molecule has 0 aliphatic rings. The summed E-state index contributed by atoms with van der Waals surface area (Å²) in [4.78, 5) is 31.1. The number of aromatic nitrogens is 2. The van der Waals surface area contributed by atoms with Crippen molar-refractivity contribution in [2.75, 3.05) is 13.1 Å². The van der Waals surface area contributed by atoms with Gasteiger partial charge in [-0.15, -0.1) is 0 Å². The molecule has 0 radical (unpaired) electrons. The highest BCUT2D eigenvalue weighted by molar-refractivity contribution is 5.79. The van der Waals surface area contributed by atoms with Gasteiger partial charge in [0.2, 0.25) is 5.91 Å². The van der Waals surface area contributed by atoms with E-state index in [0.29, 0.717) is 12.1 Å². The van der Waals surface area contributed by atoms with Crippen molar-refractivity contribution >= 4 is 16.8 Å². The number of carbonyl (C=O) groups is 1. The van der Waals surface area contributed by atoms with Gasteiger partial charge in [-0.1, -0.05) is 38.1 Å². The molecule has 29 heavy (non-hydrogen) atoms. The maximum absolute atomic E-state index is 13.4. The number of benzene rings is 2. The number of halogens is 1. The smallest absolute Gasteiger partial charge is 0.261 e. The van der Waals surface area contributed by atoms with Gasteiger partial charge in [-0.05, 0) is 42.4 Å². The Morgan fingerprint density at radius 1 is 1.10 bits per heavy atom. The highest BCUT2D eigenvalue weighted by Gasteiger charge is 2.09. The molecule has 0 aliphatic carbocycles. The summed E-state index contributed by atoms with van der Waals surface area (Å²) in [5, 5.41) is 2.96. The van der Waals surface area contributed by atoms with E-state index in [1.807, 2.05) is 12.1 Å². The first-order chi connectivity index (χ1) is 14.0. The van der Waals surface area contributed by atoms with Gasteiger partial charge in [0.1, 0.15) is 12.4 Å².